The predicted octanol–water partition coefficient (Wildman–Crippen LogP) is 0.330. The number of nitrogens with zero attached hydrogens (tertiary/aromatic N) is 1. The summed E-state index contributed by atoms with van der Waals surface area (Å²) in [4.78, 5) is 21.4. The molecule has 1 saturated carbocycles. The molecule has 0 spiro atoms. The van der Waals surface area contributed by atoms with Gasteiger partial charge in [-0.2, -0.15) is 5.26 Å². The van der Waals surface area contributed by atoms with Crippen LogP contribution in [0, 0.1) is 23.2 Å². The average Bonchev–Trinajstić information content (AvgIpc) is 2.92. The molecule has 0 aliphatic heterocycles. The Kier molecular flexibility index (Phi) is 2.87. The predicted molar refractivity (Wildman–Crippen MR) is 44.9 cm³/mol. The smallest absolute Gasteiger partial charge is 0.348 e. The second kappa shape index (κ2) is 3.92. The Morgan fingerprint density at radius 1 is 1.64 bits per heavy atom. The number of rotatable bonds is 3. The first kappa shape index (κ1) is 10.3. The molecule has 0 saturated heterocycles. The van der Waals surface area contributed by atoms with Gasteiger partial charge in [0.25, 0.3) is 0 Å². The van der Waals surface area contributed by atoms with E-state index in [4.69, 9.17) is 10.4 Å². The number of allylic oxidation sites excluding steroid dienone is 1. The quantitative estimate of drug-likeness (QED) is 0.398. The summed E-state index contributed by atoms with van der Waals surface area (Å²) in [6, 6.07) is 1.68. The van der Waals surface area contributed by atoms with Crippen LogP contribution in [0.2, 0.25) is 0 Å². The molecular weight excluding hydrogens is 186 g/mol. The van der Waals surface area contributed by atoms with Crippen molar-refractivity contribution in [1.29, 1.82) is 5.26 Å². The maximum absolute atomic E-state index is 10.9. The Morgan fingerprint density at radius 2 is 2.29 bits per heavy atom. The van der Waals surface area contributed by atoms with Gasteiger partial charge in [-0.15, -0.1) is 0 Å². The second-order valence-corrected chi connectivity index (χ2v) is 3.03. The van der Waals surface area contributed by atoms with Crippen LogP contribution in [0.3, 0.4) is 0 Å². The zero-order chi connectivity index (χ0) is 10.7. The van der Waals surface area contributed by atoms with Crippen LogP contribution in [0.25, 0.3) is 0 Å². The molecule has 74 valence electrons. The minimum atomic E-state index is -0.895. The SMILES string of the molecule is COC(=O)C(C#N)=CC1C[C@H]1C(=O)O. The zero-order valence-electron chi connectivity index (χ0n) is 7.56. The van der Waals surface area contributed by atoms with E-state index in [-0.39, 0.29) is 11.5 Å². The number of hydrogen-bond acceptors (Lipinski definition) is 4. The Morgan fingerprint density at radius 3 is 2.64 bits per heavy atom. The molecule has 14 heavy (non-hydrogen) atoms. The van der Waals surface area contributed by atoms with Crippen LogP contribution in [-0.2, 0) is 14.3 Å². The van der Waals surface area contributed by atoms with Gasteiger partial charge in [-0.05, 0) is 12.3 Å². The fourth-order valence-electron chi connectivity index (χ4n) is 1.16. The van der Waals surface area contributed by atoms with Crippen molar-refractivity contribution in [3.8, 4) is 6.07 Å². The topological polar surface area (TPSA) is 87.4 Å². The standard InChI is InChI=1S/C9H9NO4/c1-14-9(13)6(4-10)2-5-3-7(5)8(11)12/h2,5,7H,3H2,1H3,(H,11,12)/t5?,7-/m1/s1. The number of ether oxygens (including phenoxy) is 1. The first-order chi connectivity index (χ1) is 6.60. The number of aliphatic carboxylic acids is 1. The summed E-state index contributed by atoms with van der Waals surface area (Å²) in [5.74, 6) is -2.28. The Bertz CT molecular complexity index is 339. The first-order valence-corrected chi connectivity index (χ1v) is 4.03. The molecule has 1 aliphatic rings. The highest BCUT2D eigenvalue weighted by Crippen LogP contribution is 2.40. The van der Waals surface area contributed by atoms with E-state index >= 15 is 0 Å². The minimum absolute atomic E-state index is 0.124. The molecule has 0 radical (unpaired) electrons. The lowest BCUT2D eigenvalue weighted by Gasteiger charge is -1.94. The summed E-state index contributed by atoms with van der Waals surface area (Å²) in [7, 11) is 1.18. The molecule has 0 aromatic heterocycles. The van der Waals surface area contributed by atoms with Gasteiger partial charge in [-0.1, -0.05) is 6.08 Å². The maximum Gasteiger partial charge on any atom is 0.348 e. The monoisotopic (exact) mass is 195 g/mol. The summed E-state index contributed by atoms with van der Waals surface area (Å²) in [5.41, 5.74) is -0.124. The van der Waals surface area contributed by atoms with Crippen molar-refractivity contribution in [2.45, 2.75) is 6.42 Å². The molecule has 0 heterocycles. The lowest BCUT2D eigenvalue weighted by atomic mass is 10.2. The highest BCUT2D eigenvalue weighted by Gasteiger charge is 2.42. The lowest BCUT2D eigenvalue weighted by Crippen LogP contribution is -2.04. The van der Waals surface area contributed by atoms with Gasteiger partial charge in [-0.25, -0.2) is 4.79 Å². The van der Waals surface area contributed by atoms with Crippen LogP contribution in [0.15, 0.2) is 11.6 Å². The molecule has 1 unspecified atom stereocenters. The normalized spacial score (nSPS) is 25.0. The molecule has 5 heteroatoms. The average molecular weight is 195 g/mol. The largest absolute Gasteiger partial charge is 0.481 e. The third kappa shape index (κ3) is 2.10. The van der Waals surface area contributed by atoms with Crippen molar-refractivity contribution in [3.63, 3.8) is 0 Å². The summed E-state index contributed by atoms with van der Waals surface area (Å²) in [6.07, 6.45) is 1.85. The number of carboxylic acid groups (broad SMARTS) is 1. The van der Waals surface area contributed by atoms with Gasteiger partial charge in [0.15, 0.2) is 0 Å². The van der Waals surface area contributed by atoms with Gasteiger partial charge < -0.3 is 9.84 Å². The first-order valence-electron chi connectivity index (χ1n) is 4.03. The Balaban J connectivity index is 2.65. The number of carbonyl (C=O) groups excluding carboxylic acids is 1. The van der Waals surface area contributed by atoms with Gasteiger partial charge in [0.1, 0.15) is 11.6 Å². The summed E-state index contributed by atoms with van der Waals surface area (Å²) >= 11 is 0. The van der Waals surface area contributed by atoms with Crippen LogP contribution < -0.4 is 0 Å². The molecule has 1 fully saturated rings. The fourth-order valence-corrected chi connectivity index (χ4v) is 1.16. The van der Waals surface area contributed by atoms with Crippen LogP contribution in [0.5, 0.6) is 0 Å². The molecule has 0 bridgehead atoms. The van der Waals surface area contributed by atoms with E-state index < -0.39 is 17.9 Å². The molecule has 1 rings (SSSR count). The second-order valence-electron chi connectivity index (χ2n) is 3.03. The van der Waals surface area contributed by atoms with Crippen molar-refractivity contribution in [2.24, 2.45) is 11.8 Å². The summed E-state index contributed by atoms with van der Waals surface area (Å²) in [5, 5.41) is 17.1. The third-order valence-corrected chi connectivity index (χ3v) is 2.06. The van der Waals surface area contributed by atoms with Crippen molar-refractivity contribution >= 4 is 11.9 Å². The highest BCUT2D eigenvalue weighted by atomic mass is 16.5. The Hall–Kier alpha value is -1.83. The minimum Gasteiger partial charge on any atom is -0.481 e. The van der Waals surface area contributed by atoms with Crippen molar-refractivity contribution in [1.82, 2.24) is 0 Å². The van der Waals surface area contributed by atoms with E-state index in [1.807, 2.05) is 0 Å². The highest BCUT2D eigenvalue weighted by molar-refractivity contribution is 5.93. The van der Waals surface area contributed by atoms with Crippen molar-refractivity contribution in [3.05, 3.63) is 11.6 Å². The van der Waals surface area contributed by atoms with Crippen LogP contribution in [0.4, 0.5) is 0 Å². The van der Waals surface area contributed by atoms with E-state index in [0.29, 0.717) is 6.42 Å². The zero-order valence-corrected chi connectivity index (χ0v) is 7.56. The summed E-state index contributed by atoms with van der Waals surface area (Å²) in [6.45, 7) is 0. The molecule has 5 nitrogen and oxygen atoms in total. The summed E-state index contributed by atoms with van der Waals surface area (Å²) < 4.78 is 4.35. The van der Waals surface area contributed by atoms with Crippen molar-refractivity contribution in [2.75, 3.05) is 7.11 Å². The number of nitriles is 1. The van der Waals surface area contributed by atoms with Gasteiger partial charge in [0.05, 0.1) is 13.0 Å². The molecule has 1 aliphatic carbocycles. The van der Waals surface area contributed by atoms with E-state index in [2.05, 4.69) is 4.74 Å². The molecule has 1 N–H and O–H groups in total. The number of hydrogen-bond donors (Lipinski definition) is 1. The fraction of sp³-hybridized carbons (Fsp3) is 0.444. The maximum atomic E-state index is 10.9. The third-order valence-electron chi connectivity index (χ3n) is 2.06. The van der Waals surface area contributed by atoms with Crippen molar-refractivity contribution < 1.29 is 19.4 Å². The molecule has 0 aromatic rings. The number of carboxylic acids is 1. The van der Waals surface area contributed by atoms with E-state index in [1.165, 1.54) is 13.2 Å². The van der Waals surface area contributed by atoms with Gasteiger partial charge >= 0.3 is 11.9 Å². The Labute approximate surface area is 80.6 Å². The van der Waals surface area contributed by atoms with E-state index in [1.54, 1.807) is 6.07 Å². The van der Waals surface area contributed by atoms with Crippen LogP contribution >= 0.6 is 0 Å². The van der Waals surface area contributed by atoms with Gasteiger partial charge in [-0.3, -0.25) is 4.79 Å². The molecule has 0 amide bonds. The van der Waals surface area contributed by atoms with E-state index in [0.717, 1.165) is 0 Å². The molecular formula is C9H9NO4. The van der Waals surface area contributed by atoms with Gasteiger partial charge in [0.2, 0.25) is 0 Å². The molecule has 2 atom stereocenters. The number of esters is 1. The van der Waals surface area contributed by atoms with E-state index in [9.17, 15) is 9.59 Å². The molecule has 0 aromatic carbocycles. The van der Waals surface area contributed by atoms with Gasteiger partial charge in [0, 0.05) is 0 Å². The number of carbonyl (C=O) groups is 2. The lowest BCUT2D eigenvalue weighted by molar-refractivity contribution is -0.139. The van der Waals surface area contributed by atoms with Crippen LogP contribution in [-0.4, -0.2) is 24.2 Å². The van der Waals surface area contributed by atoms with Crippen LogP contribution in [0.1, 0.15) is 6.42 Å². The number of methoxy groups -OCH3 is 1.